The molecule has 0 aliphatic heterocycles. The molecule has 0 spiro atoms. The molecule has 0 bridgehead atoms. The van der Waals surface area contributed by atoms with Crippen LogP contribution in [0.2, 0.25) is 5.02 Å². The van der Waals surface area contributed by atoms with Crippen LogP contribution in [0.3, 0.4) is 0 Å². The van der Waals surface area contributed by atoms with Crippen LogP contribution < -0.4 is 5.32 Å². The van der Waals surface area contributed by atoms with Crippen molar-refractivity contribution in [3.8, 4) is 0 Å². The second-order valence-corrected chi connectivity index (χ2v) is 5.74. The van der Waals surface area contributed by atoms with Gasteiger partial charge in [-0.15, -0.1) is 0 Å². The molecule has 0 saturated carbocycles. The van der Waals surface area contributed by atoms with Crippen molar-refractivity contribution in [3.63, 3.8) is 0 Å². The number of hydrogen-bond donors (Lipinski definition) is 2. The third-order valence-corrected chi connectivity index (χ3v) is 3.89. The van der Waals surface area contributed by atoms with Gasteiger partial charge in [0, 0.05) is 16.3 Å². The van der Waals surface area contributed by atoms with Gasteiger partial charge in [0.15, 0.2) is 0 Å². The zero-order valence-corrected chi connectivity index (χ0v) is 13.5. The van der Waals surface area contributed by atoms with Gasteiger partial charge in [-0.2, -0.15) is 0 Å². The first-order valence-corrected chi connectivity index (χ1v) is 7.76. The molecule has 0 radical (unpaired) electrons. The van der Waals surface area contributed by atoms with Gasteiger partial charge in [-0.05, 0) is 54.8 Å². The van der Waals surface area contributed by atoms with Gasteiger partial charge in [0.25, 0.3) is 5.91 Å². The van der Waals surface area contributed by atoms with Gasteiger partial charge in [0.05, 0.1) is 5.92 Å². The summed E-state index contributed by atoms with van der Waals surface area (Å²) in [5.74, 6) is -1.39. The summed E-state index contributed by atoms with van der Waals surface area (Å²) >= 11 is 5.80. The highest BCUT2D eigenvalue weighted by Gasteiger charge is 2.15. The first kappa shape index (κ1) is 17.0. The second kappa shape index (κ2) is 7.79. The number of aliphatic carboxylic acids is 1. The van der Waals surface area contributed by atoms with Crippen molar-refractivity contribution in [2.45, 2.75) is 19.8 Å². The van der Waals surface area contributed by atoms with Crippen LogP contribution in [0.1, 0.15) is 29.3 Å². The zero-order valence-electron chi connectivity index (χ0n) is 12.8. The predicted octanol–water partition coefficient (Wildman–Crippen LogP) is 4.25. The number of nitrogens with one attached hydrogen (secondary N) is 1. The Hall–Kier alpha value is -2.33. The molecule has 4 nitrogen and oxygen atoms in total. The summed E-state index contributed by atoms with van der Waals surface area (Å²) in [7, 11) is 0. The normalized spacial score (nSPS) is 11.7. The second-order valence-electron chi connectivity index (χ2n) is 5.31. The summed E-state index contributed by atoms with van der Waals surface area (Å²) in [6, 6.07) is 13.9. The van der Waals surface area contributed by atoms with Crippen LogP contribution >= 0.6 is 11.6 Å². The number of rotatable bonds is 6. The van der Waals surface area contributed by atoms with Gasteiger partial charge in [-0.3, -0.25) is 9.59 Å². The van der Waals surface area contributed by atoms with Crippen LogP contribution in [0.4, 0.5) is 5.69 Å². The summed E-state index contributed by atoms with van der Waals surface area (Å²) in [6.45, 7) is 1.86. The van der Waals surface area contributed by atoms with E-state index in [-0.39, 0.29) is 11.8 Å². The molecule has 23 heavy (non-hydrogen) atoms. The van der Waals surface area contributed by atoms with Crippen molar-refractivity contribution in [3.05, 3.63) is 64.7 Å². The van der Waals surface area contributed by atoms with E-state index in [0.717, 1.165) is 5.56 Å². The van der Waals surface area contributed by atoms with E-state index in [1.807, 2.05) is 19.1 Å². The van der Waals surface area contributed by atoms with Gasteiger partial charge in [-0.1, -0.05) is 30.7 Å². The van der Waals surface area contributed by atoms with E-state index >= 15 is 0 Å². The highest BCUT2D eigenvalue weighted by atomic mass is 35.5. The average molecular weight is 332 g/mol. The van der Waals surface area contributed by atoms with E-state index < -0.39 is 5.97 Å². The Labute approximate surface area is 140 Å². The predicted molar refractivity (Wildman–Crippen MR) is 91.0 cm³/mol. The van der Waals surface area contributed by atoms with Crippen molar-refractivity contribution in [1.29, 1.82) is 0 Å². The largest absolute Gasteiger partial charge is 0.481 e. The lowest BCUT2D eigenvalue weighted by Gasteiger charge is -2.10. The molecule has 1 unspecified atom stereocenters. The molecule has 2 N–H and O–H groups in total. The summed E-state index contributed by atoms with van der Waals surface area (Å²) in [4.78, 5) is 23.2. The molecular formula is C18H18ClNO3. The maximum atomic E-state index is 12.1. The van der Waals surface area contributed by atoms with Crippen molar-refractivity contribution in [2.24, 2.45) is 5.92 Å². The molecule has 0 aliphatic carbocycles. The Bertz CT molecular complexity index is 680. The Morgan fingerprint density at radius 3 is 2.22 bits per heavy atom. The van der Waals surface area contributed by atoms with Crippen LogP contribution in [0.15, 0.2) is 48.5 Å². The number of carboxylic acid groups (broad SMARTS) is 1. The Morgan fingerprint density at radius 2 is 1.70 bits per heavy atom. The average Bonchev–Trinajstić information content (AvgIpc) is 2.54. The van der Waals surface area contributed by atoms with E-state index in [4.69, 9.17) is 16.7 Å². The lowest BCUT2D eigenvalue weighted by Crippen LogP contribution is -2.15. The van der Waals surface area contributed by atoms with Crippen LogP contribution in [0.5, 0.6) is 0 Å². The van der Waals surface area contributed by atoms with Crippen LogP contribution in [0.25, 0.3) is 0 Å². The summed E-state index contributed by atoms with van der Waals surface area (Å²) in [5, 5.41) is 12.5. The number of hydrogen-bond acceptors (Lipinski definition) is 2. The van der Waals surface area contributed by atoms with Crippen LogP contribution in [0, 0.1) is 5.92 Å². The minimum absolute atomic E-state index is 0.216. The smallest absolute Gasteiger partial charge is 0.306 e. The molecule has 1 atom stereocenters. The van der Waals surface area contributed by atoms with E-state index in [0.29, 0.717) is 29.1 Å². The molecule has 5 heteroatoms. The molecule has 0 saturated heterocycles. The molecule has 120 valence electrons. The minimum Gasteiger partial charge on any atom is -0.481 e. The maximum Gasteiger partial charge on any atom is 0.306 e. The highest BCUT2D eigenvalue weighted by molar-refractivity contribution is 6.30. The first-order valence-electron chi connectivity index (χ1n) is 7.38. The number of carbonyl (C=O) groups excluding carboxylic acids is 1. The number of anilines is 1. The lowest BCUT2D eigenvalue weighted by molar-refractivity contribution is -0.141. The standard InChI is InChI=1S/C18H18ClNO3/c1-2-13(18(22)23)11-12-3-9-16(10-4-12)20-17(21)14-5-7-15(19)8-6-14/h3-10,13H,2,11H2,1H3,(H,20,21)(H,22,23). The van der Waals surface area contributed by atoms with E-state index in [2.05, 4.69) is 5.32 Å². The number of carboxylic acids is 1. The van der Waals surface area contributed by atoms with Crippen molar-refractivity contribution < 1.29 is 14.7 Å². The maximum absolute atomic E-state index is 12.1. The lowest BCUT2D eigenvalue weighted by atomic mass is 9.97. The van der Waals surface area contributed by atoms with E-state index in [9.17, 15) is 9.59 Å². The van der Waals surface area contributed by atoms with Gasteiger partial charge in [0.1, 0.15) is 0 Å². The fourth-order valence-corrected chi connectivity index (χ4v) is 2.35. The van der Waals surface area contributed by atoms with Gasteiger partial charge in [0.2, 0.25) is 0 Å². The highest BCUT2D eigenvalue weighted by Crippen LogP contribution is 2.17. The van der Waals surface area contributed by atoms with Crippen LogP contribution in [-0.4, -0.2) is 17.0 Å². The zero-order chi connectivity index (χ0) is 16.8. The molecule has 2 rings (SSSR count). The number of benzene rings is 2. The Balaban J connectivity index is 2.00. The molecule has 0 aromatic heterocycles. The fraction of sp³-hybridized carbons (Fsp3) is 0.222. The first-order chi connectivity index (χ1) is 11.0. The third kappa shape index (κ3) is 4.83. The van der Waals surface area contributed by atoms with Crippen molar-refractivity contribution >= 4 is 29.2 Å². The van der Waals surface area contributed by atoms with E-state index in [1.54, 1.807) is 36.4 Å². The summed E-state index contributed by atoms with van der Waals surface area (Å²) in [5.41, 5.74) is 2.12. The topological polar surface area (TPSA) is 66.4 Å². The SMILES string of the molecule is CCC(Cc1ccc(NC(=O)c2ccc(Cl)cc2)cc1)C(=O)O. The molecule has 0 aliphatic rings. The van der Waals surface area contributed by atoms with Crippen LogP contribution in [-0.2, 0) is 11.2 Å². The molecule has 2 aromatic rings. The summed E-state index contributed by atoms with van der Waals surface area (Å²) in [6.07, 6.45) is 1.07. The summed E-state index contributed by atoms with van der Waals surface area (Å²) < 4.78 is 0. The van der Waals surface area contributed by atoms with Crippen molar-refractivity contribution in [1.82, 2.24) is 0 Å². The quantitative estimate of drug-likeness (QED) is 0.831. The minimum atomic E-state index is -0.785. The van der Waals surface area contributed by atoms with Crippen molar-refractivity contribution in [2.75, 3.05) is 5.32 Å². The Kier molecular flexibility index (Phi) is 5.77. The van der Waals surface area contributed by atoms with Gasteiger partial charge in [-0.25, -0.2) is 0 Å². The third-order valence-electron chi connectivity index (χ3n) is 3.64. The fourth-order valence-electron chi connectivity index (χ4n) is 2.22. The number of halogens is 1. The molecule has 0 heterocycles. The monoisotopic (exact) mass is 331 g/mol. The van der Waals surface area contributed by atoms with Gasteiger partial charge < -0.3 is 10.4 Å². The molecule has 2 aromatic carbocycles. The molecular weight excluding hydrogens is 314 g/mol. The molecule has 1 amide bonds. The van der Waals surface area contributed by atoms with E-state index in [1.165, 1.54) is 0 Å². The Morgan fingerprint density at radius 1 is 1.09 bits per heavy atom. The molecule has 0 fully saturated rings. The van der Waals surface area contributed by atoms with Gasteiger partial charge >= 0.3 is 5.97 Å². The number of amides is 1. The number of carbonyl (C=O) groups is 2.